The molecule has 0 radical (unpaired) electrons. The largest absolute Gasteiger partial charge is 0.338 e. The second-order valence-corrected chi connectivity index (χ2v) is 3.97. The van der Waals surface area contributed by atoms with Crippen molar-refractivity contribution < 1.29 is 9.59 Å². The lowest BCUT2D eigenvalue weighted by Gasteiger charge is -2.25. The third-order valence-electron chi connectivity index (χ3n) is 2.51. The number of likely N-dealkylation sites (tertiary alicyclic amines) is 1. The summed E-state index contributed by atoms with van der Waals surface area (Å²) in [5.74, 6) is 0.177. The molecular formula is C10H11ClN2O2. The molecular weight excluding hydrogens is 216 g/mol. The third-order valence-corrected chi connectivity index (χ3v) is 2.72. The van der Waals surface area contributed by atoms with Crippen LogP contribution in [-0.4, -0.2) is 33.8 Å². The monoisotopic (exact) mass is 226 g/mol. The Balaban J connectivity index is 2.05. The number of Topliss-reactive ketones (excluding diaryl/α,β-unsaturated/α-hetero) is 1. The molecule has 1 aromatic rings. The van der Waals surface area contributed by atoms with Gasteiger partial charge in [-0.05, 0) is 6.07 Å². The van der Waals surface area contributed by atoms with E-state index in [1.165, 1.54) is 4.09 Å². The Bertz CT molecular complexity index is 390. The summed E-state index contributed by atoms with van der Waals surface area (Å²) >= 11 is 5.66. The summed E-state index contributed by atoms with van der Waals surface area (Å²) in [6, 6.07) is 1.67. The lowest BCUT2D eigenvalue weighted by atomic mass is 10.1. The summed E-state index contributed by atoms with van der Waals surface area (Å²) in [5, 5.41) is 0. The smallest absolute Gasteiger partial charge is 0.255 e. The molecule has 1 saturated heterocycles. The van der Waals surface area contributed by atoms with Crippen LogP contribution in [0.1, 0.15) is 23.2 Å². The quantitative estimate of drug-likeness (QED) is 0.724. The summed E-state index contributed by atoms with van der Waals surface area (Å²) in [6.45, 7) is 1.04. The fourth-order valence-corrected chi connectivity index (χ4v) is 1.80. The number of piperidine rings is 1. The Labute approximate surface area is 92.5 Å². The van der Waals surface area contributed by atoms with Gasteiger partial charge in [0.25, 0.3) is 5.91 Å². The highest BCUT2D eigenvalue weighted by molar-refractivity contribution is 6.15. The average Bonchev–Trinajstić information content (AvgIpc) is 2.65. The van der Waals surface area contributed by atoms with E-state index in [-0.39, 0.29) is 11.7 Å². The highest BCUT2D eigenvalue weighted by Gasteiger charge is 2.22. The second kappa shape index (κ2) is 4.06. The van der Waals surface area contributed by atoms with Crippen molar-refractivity contribution in [3.63, 3.8) is 0 Å². The van der Waals surface area contributed by atoms with Crippen LogP contribution < -0.4 is 0 Å². The molecule has 2 heterocycles. The van der Waals surface area contributed by atoms with E-state index < -0.39 is 0 Å². The predicted octanol–water partition coefficient (Wildman–Crippen LogP) is 1.30. The summed E-state index contributed by atoms with van der Waals surface area (Å²) in [4.78, 5) is 24.6. The molecule has 0 saturated carbocycles. The minimum absolute atomic E-state index is 0.0538. The zero-order valence-electron chi connectivity index (χ0n) is 8.15. The van der Waals surface area contributed by atoms with Gasteiger partial charge in [-0.15, -0.1) is 0 Å². The molecule has 5 heteroatoms. The van der Waals surface area contributed by atoms with Crippen LogP contribution in [0.4, 0.5) is 0 Å². The van der Waals surface area contributed by atoms with Crippen LogP contribution in [0.15, 0.2) is 18.5 Å². The highest BCUT2D eigenvalue weighted by Crippen LogP contribution is 2.12. The van der Waals surface area contributed by atoms with Crippen LogP contribution in [0.3, 0.4) is 0 Å². The first-order chi connectivity index (χ1) is 7.16. The van der Waals surface area contributed by atoms with Crippen LogP contribution in [0, 0.1) is 0 Å². The number of amides is 1. The van der Waals surface area contributed by atoms with Gasteiger partial charge in [-0.25, -0.2) is 0 Å². The van der Waals surface area contributed by atoms with Gasteiger partial charge in [-0.3, -0.25) is 13.7 Å². The van der Waals surface area contributed by atoms with E-state index in [4.69, 9.17) is 11.8 Å². The summed E-state index contributed by atoms with van der Waals surface area (Å²) in [7, 11) is 0. The van der Waals surface area contributed by atoms with Gasteiger partial charge >= 0.3 is 0 Å². The number of nitrogens with zero attached hydrogens (tertiary/aromatic N) is 2. The molecule has 0 atom stereocenters. The van der Waals surface area contributed by atoms with E-state index in [0.29, 0.717) is 31.5 Å². The Morgan fingerprint density at radius 2 is 2.00 bits per heavy atom. The van der Waals surface area contributed by atoms with Crippen molar-refractivity contribution in [1.82, 2.24) is 8.99 Å². The van der Waals surface area contributed by atoms with E-state index in [1.54, 1.807) is 23.4 Å². The van der Waals surface area contributed by atoms with Crippen molar-refractivity contribution in [2.75, 3.05) is 13.1 Å². The maximum atomic E-state index is 11.9. The van der Waals surface area contributed by atoms with Crippen molar-refractivity contribution in [2.24, 2.45) is 0 Å². The van der Waals surface area contributed by atoms with Gasteiger partial charge in [-0.2, -0.15) is 0 Å². The van der Waals surface area contributed by atoms with Gasteiger partial charge in [0, 0.05) is 50.1 Å². The van der Waals surface area contributed by atoms with E-state index in [2.05, 4.69) is 0 Å². The highest BCUT2D eigenvalue weighted by atomic mass is 35.5. The Morgan fingerprint density at radius 3 is 2.53 bits per heavy atom. The SMILES string of the molecule is O=C1CCN(C(=O)c2ccn(Cl)c2)CC1. The van der Waals surface area contributed by atoms with Crippen molar-refractivity contribution in [2.45, 2.75) is 12.8 Å². The molecule has 0 aliphatic carbocycles. The molecule has 4 nitrogen and oxygen atoms in total. The van der Waals surface area contributed by atoms with Crippen LogP contribution in [0.5, 0.6) is 0 Å². The number of carbonyl (C=O) groups is 2. The fourth-order valence-electron chi connectivity index (χ4n) is 1.64. The number of aromatic nitrogens is 1. The number of carbonyl (C=O) groups excluding carboxylic acids is 2. The molecule has 1 fully saturated rings. The van der Waals surface area contributed by atoms with Crippen molar-refractivity contribution in [3.8, 4) is 0 Å². The Morgan fingerprint density at radius 1 is 1.33 bits per heavy atom. The molecule has 1 amide bonds. The van der Waals surface area contributed by atoms with Gasteiger partial charge in [0.15, 0.2) is 0 Å². The summed E-state index contributed by atoms with van der Waals surface area (Å²) in [6.07, 6.45) is 4.12. The number of ketones is 1. The fraction of sp³-hybridized carbons (Fsp3) is 0.400. The van der Waals surface area contributed by atoms with Crippen LogP contribution >= 0.6 is 11.8 Å². The maximum absolute atomic E-state index is 11.9. The molecule has 0 aromatic carbocycles. The van der Waals surface area contributed by atoms with Crippen molar-refractivity contribution >= 4 is 23.5 Å². The predicted molar refractivity (Wildman–Crippen MR) is 55.8 cm³/mol. The van der Waals surface area contributed by atoms with Gasteiger partial charge < -0.3 is 4.90 Å². The normalized spacial score (nSPS) is 16.9. The minimum Gasteiger partial charge on any atom is -0.338 e. The Hall–Kier alpha value is -1.29. The first kappa shape index (κ1) is 10.2. The van der Waals surface area contributed by atoms with E-state index in [9.17, 15) is 9.59 Å². The van der Waals surface area contributed by atoms with Gasteiger partial charge in [0.1, 0.15) is 5.78 Å². The van der Waals surface area contributed by atoms with Crippen LogP contribution in [-0.2, 0) is 4.79 Å². The van der Waals surface area contributed by atoms with Gasteiger partial charge in [0.05, 0.1) is 5.56 Å². The zero-order valence-corrected chi connectivity index (χ0v) is 8.91. The molecule has 0 N–H and O–H groups in total. The molecule has 1 aromatic heterocycles. The van der Waals surface area contributed by atoms with E-state index in [1.807, 2.05) is 0 Å². The van der Waals surface area contributed by atoms with Crippen molar-refractivity contribution in [3.05, 3.63) is 24.0 Å². The molecule has 15 heavy (non-hydrogen) atoms. The third kappa shape index (κ3) is 2.21. The Kier molecular flexibility index (Phi) is 2.77. The second-order valence-electron chi connectivity index (χ2n) is 3.58. The van der Waals surface area contributed by atoms with Crippen LogP contribution in [0.25, 0.3) is 0 Å². The van der Waals surface area contributed by atoms with Crippen molar-refractivity contribution in [1.29, 1.82) is 0 Å². The van der Waals surface area contributed by atoms with Gasteiger partial charge in [-0.1, -0.05) is 0 Å². The molecule has 1 aliphatic rings. The lowest BCUT2D eigenvalue weighted by molar-refractivity contribution is -0.120. The van der Waals surface area contributed by atoms with Crippen LogP contribution in [0.2, 0.25) is 0 Å². The average molecular weight is 227 g/mol. The summed E-state index contributed by atoms with van der Waals surface area (Å²) in [5.41, 5.74) is 0.569. The molecule has 0 bridgehead atoms. The first-order valence-electron chi connectivity index (χ1n) is 4.82. The standard InChI is InChI=1S/C10H11ClN2O2/c11-13-6-1-8(7-13)10(15)12-4-2-9(14)3-5-12/h1,6-7H,2-5H2. The first-order valence-corrected chi connectivity index (χ1v) is 5.16. The molecule has 2 rings (SSSR count). The number of hydrogen-bond acceptors (Lipinski definition) is 2. The molecule has 0 unspecified atom stereocenters. The molecule has 0 spiro atoms. The number of hydrogen-bond donors (Lipinski definition) is 0. The number of halogens is 1. The van der Waals surface area contributed by atoms with Gasteiger partial charge in [0.2, 0.25) is 0 Å². The lowest BCUT2D eigenvalue weighted by Crippen LogP contribution is -2.38. The maximum Gasteiger partial charge on any atom is 0.255 e. The minimum atomic E-state index is -0.0538. The number of rotatable bonds is 1. The zero-order chi connectivity index (χ0) is 10.8. The van der Waals surface area contributed by atoms with E-state index in [0.717, 1.165) is 0 Å². The van der Waals surface area contributed by atoms with E-state index >= 15 is 0 Å². The topological polar surface area (TPSA) is 42.3 Å². The summed E-state index contributed by atoms with van der Waals surface area (Å²) < 4.78 is 1.32. The molecule has 80 valence electrons. The molecule has 1 aliphatic heterocycles.